The number of carbonyl (C=O) groups is 1. The second kappa shape index (κ2) is 8.57. The molecule has 2 heterocycles. The van der Waals surface area contributed by atoms with Crippen molar-refractivity contribution >= 4 is 5.97 Å². The van der Waals surface area contributed by atoms with E-state index in [0.717, 1.165) is 25.7 Å². The summed E-state index contributed by atoms with van der Waals surface area (Å²) in [5, 5.41) is 4.45. The van der Waals surface area contributed by atoms with Gasteiger partial charge in [-0.15, -0.1) is 0 Å². The van der Waals surface area contributed by atoms with Gasteiger partial charge in [-0.25, -0.2) is 9.78 Å². The smallest absolute Gasteiger partial charge is 0.341 e. The summed E-state index contributed by atoms with van der Waals surface area (Å²) in [4.78, 5) is 16.0. The first-order chi connectivity index (χ1) is 11.6. The lowest BCUT2D eigenvalue weighted by Gasteiger charge is -2.19. The van der Waals surface area contributed by atoms with Crippen LogP contribution in [-0.4, -0.2) is 27.3 Å². The minimum Gasteiger partial charge on any atom is -0.462 e. The summed E-state index contributed by atoms with van der Waals surface area (Å²) in [7, 11) is 0. The number of ether oxygens (including phenoxy) is 1. The molecule has 0 aliphatic carbocycles. The Balaban J connectivity index is 2.54. The first-order valence-corrected chi connectivity index (χ1v) is 8.48. The van der Waals surface area contributed by atoms with E-state index >= 15 is 0 Å². The molecule has 2 rings (SSSR count). The SMILES string of the molecule is CCCC(CCC)n1ncc(C(=O)OCC)c1-c1ccc(F)nc1. The highest BCUT2D eigenvalue weighted by Crippen LogP contribution is 2.30. The van der Waals surface area contributed by atoms with Gasteiger partial charge in [0.05, 0.1) is 24.5 Å². The Morgan fingerprint density at radius 1 is 1.21 bits per heavy atom. The monoisotopic (exact) mass is 333 g/mol. The maximum absolute atomic E-state index is 13.2. The van der Waals surface area contributed by atoms with Gasteiger partial charge in [0.15, 0.2) is 0 Å². The number of hydrogen-bond acceptors (Lipinski definition) is 4. The molecular formula is C18H24FN3O2. The summed E-state index contributed by atoms with van der Waals surface area (Å²) < 4.78 is 20.2. The van der Waals surface area contributed by atoms with Crippen LogP contribution >= 0.6 is 0 Å². The van der Waals surface area contributed by atoms with Gasteiger partial charge in [-0.2, -0.15) is 9.49 Å². The Labute approximate surface area is 141 Å². The molecule has 2 aromatic rings. The van der Waals surface area contributed by atoms with E-state index in [1.54, 1.807) is 13.0 Å². The number of esters is 1. The van der Waals surface area contributed by atoms with Crippen molar-refractivity contribution < 1.29 is 13.9 Å². The Morgan fingerprint density at radius 2 is 1.92 bits per heavy atom. The van der Waals surface area contributed by atoms with Crippen LogP contribution in [0.5, 0.6) is 0 Å². The molecule has 0 atom stereocenters. The van der Waals surface area contributed by atoms with E-state index in [2.05, 4.69) is 23.9 Å². The Bertz CT molecular complexity index is 661. The molecule has 0 amide bonds. The highest BCUT2D eigenvalue weighted by molar-refractivity contribution is 5.96. The molecule has 0 bridgehead atoms. The van der Waals surface area contributed by atoms with Crippen LogP contribution in [0.2, 0.25) is 0 Å². The standard InChI is InChI=1S/C18H24FN3O2/c1-4-7-14(8-5-2)22-17(13-9-10-16(19)20-11-13)15(12-21-22)18(23)24-6-3/h9-12,14H,4-8H2,1-3H3. The molecule has 0 unspecified atom stereocenters. The van der Waals surface area contributed by atoms with Crippen molar-refractivity contribution in [2.24, 2.45) is 0 Å². The normalized spacial score (nSPS) is 11.0. The fourth-order valence-corrected chi connectivity index (χ4v) is 2.86. The number of rotatable bonds is 8. The molecule has 0 aromatic carbocycles. The van der Waals surface area contributed by atoms with Crippen molar-refractivity contribution in [1.82, 2.24) is 14.8 Å². The molecule has 0 saturated heterocycles. The van der Waals surface area contributed by atoms with Crippen molar-refractivity contribution in [2.45, 2.75) is 52.5 Å². The molecule has 0 fully saturated rings. The maximum atomic E-state index is 13.2. The van der Waals surface area contributed by atoms with Crippen LogP contribution in [-0.2, 0) is 4.74 Å². The van der Waals surface area contributed by atoms with Crippen LogP contribution < -0.4 is 0 Å². The summed E-state index contributed by atoms with van der Waals surface area (Å²) >= 11 is 0. The van der Waals surface area contributed by atoms with Crippen molar-refractivity contribution in [1.29, 1.82) is 0 Å². The van der Waals surface area contributed by atoms with Crippen LogP contribution in [0.15, 0.2) is 24.5 Å². The van der Waals surface area contributed by atoms with Gasteiger partial charge in [0.25, 0.3) is 0 Å². The molecule has 0 aliphatic rings. The summed E-state index contributed by atoms with van der Waals surface area (Å²) in [6, 6.07) is 3.09. The van der Waals surface area contributed by atoms with E-state index in [0.29, 0.717) is 23.4 Å². The number of carbonyl (C=O) groups excluding carboxylic acids is 1. The minimum absolute atomic E-state index is 0.184. The molecule has 0 radical (unpaired) electrons. The molecule has 0 N–H and O–H groups in total. The lowest BCUT2D eigenvalue weighted by Crippen LogP contribution is -2.13. The molecule has 0 saturated carbocycles. The molecule has 2 aromatic heterocycles. The van der Waals surface area contributed by atoms with Crippen molar-refractivity contribution in [3.63, 3.8) is 0 Å². The average molecular weight is 333 g/mol. The second-order valence-electron chi connectivity index (χ2n) is 5.67. The number of nitrogens with zero attached hydrogens (tertiary/aromatic N) is 3. The summed E-state index contributed by atoms with van der Waals surface area (Å²) in [6.45, 7) is 6.30. The van der Waals surface area contributed by atoms with Crippen LogP contribution in [0.25, 0.3) is 11.3 Å². The molecular weight excluding hydrogens is 309 g/mol. The van der Waals surface area contributed by atoms with Gasteiger partial charge in [0, 0.05) is 11.8 Å². The third-order valence-electron chi connectivity index (χ3n) is 3.88. The van der Waals surface area contributed by atoms with E-state index in [9.17, 15) is 9.18 Å². The highest BCUT2D eigenvalue weighted by atomic mass is 19.1. The van der Waals surface area contributed by atoms with E-state index in [-0.39, 0.29) is 6.04 Å². The fourth-order valence-electron chi connectivity index (χ4n) is 2.86. The summed E-state index contributed by atoms with van der Waals surface area (Å²) in [6.07, 6.45) is 6.91. The van der Waals surface area contributed by atoms with E-state index < -0.39 is 11.9 Å². The predicted octanol–water partition coefficient (Wildman–Crippen LogP) is 4.40. The Hall–Kier alpha value is -2.24. The fraction of sp³-hybridized carbons (Fsp3) is 0.500. The first-order valence-electron chi connectivity index (χ1n) is 8.48. The summed E-state index contributed by atoms with van der Waals surface area (Å²) in [5.41, 5.74) is 1.70. The number of pyridine rings is 1. The van der Waals surface area contributed by atoms with Gasteiger partial charge in [-0.3, -0.25) is 4.68 Å². The number of aromatic nitrogens is 3. The van der Waals surface area contributed by atoms with Crippen molar-refractivity contribution in [3.05, 3.63) is 36.0 Å². The van der Waals surface area contributed by atoms with Gasteiger partial charge < -0.3 is 4.74 Å². The maximum Gasteiger partial charge on any atom is 0.341 e. The minimum atomic E-state index is -0.554. The van der Waals surface area contributed by atoms with E-state index in [1.165, 1.54) is 18.5 Å². The summed E-state index contributed by atoms with van der Waals surface area (Å²) in [5.74, 6) is -0.976. The number of halogens is 1. The van der Waals surface area contributed by atoms with Crippen LogP contribution in [0.1, 0.15) is 62.9 Å². The average Bonchev–Trinajstić information content (AvgIpc) is 3.00. The van der Waals surface area contributed by atoms with E-state index in [1.807, 2.05) is 4.68 Å². The zero-order valence-corrected chi connectivity index (χ0v) is 14.5. The third kappa shape index (κ3) is 3.99. The van der Waals surface area contributed by atoms with Crippen molar-refractivity contribution in [2.75, 3.05) is 6.61 Å². The highest BCUT2D eigenvalue weighted by Gasteiger charge is 2.24. The molecule has 0 aliphatic heterocycles. The lowest BCUT2D eigenvalue weighted by atomic mass is 10.0. The quantitative estimate of drug-likeness (QED) is 0.530. The molecule has 0 spiro atoms. The molecule has 24 heavy (non-hydrogen) atoms. The molecule has 6 heteroatoms. The van der Waals surface area contributed by atoms with E-state index in [4.69, 9.17) is 4.74 Å². The first kappa shape index (κ1) is 18.1. The zero-order valence-electron chi connectivity index (χ0n) is 14.5. The van der Waals surface area contributed by atoms with Crippen molar-refractivity contribution in [3.8, 4) is 11.3 Å². The van der Waals surface area contributed by atoms with Crippen LogP contribution in [0.3, 0.4) is 0 Å². The van der Waals surface area contributed by atoms with Crippen LogP contribution in [0, 0.1) is 5.95 Å². The predicted molar refractivity (Wildman–Crippen MR) is 90.2 cm³/mol. The van der Waals surface area contributed by atoms with Gasteiger partial charge in [-0.05, 0) is 31.9 Å². The Kier molecular flexibility index (Phi) is 6.46. The topological polar surface area (TPSA) is 57.0 Å². The zero-order chi connectivity index (χ0) is 17.5. The van der Waals surface area contributed by atoms with Gasteiger partial charge in [0.1, 0.15) is 5.56 Å². The van der Waals surface area contributed by atoms with Gasteiger partial charge in [0.2, 0.25) is 5.95 Å². The lowest BCUT2D eigenvalue weighted by molar-refractivity contribution is 0.0527. The third-order valence-corrected chi connectivity index (χ3v) is 3.88. The molecule has 130 valence electrons. The van der Waals surface area contributed by atoms with Gasteiger partial charge >= 0.3 is 5.97 Å². The largest absolute Gasteiger partial charge is 0.462 e. The number of hydrogen-bond donors (Lipinski definition) is 0. The second-order valence-corrected chi connectivity index (χ2v) is 5.67. The Morgan fingerprint density at radius 3 is 2.46 bits per heavy atom. The van der Waals surface area contributed by atoms with Crippen LogP contribution in [0.4, 0.5) is 4.39 Å². The molecule has 5 nitrogen and oxygen atoms in total. The van der Waals surface area contributed by atoms with Gasteiger partial charge in [-0.1, -0.05) is 26.7 Å².